The third-order valence-corrected chi connectivity index (χ3v) is 5.09. The zero-order valence-electron chi connectivity index (χ0n) is 15.2. The molecule has 0 radical (unpaired) electrons. The van der Waals surface area contributed by atoms with Crippen LogP contribution < -0.4 is 5.32 Å². The number of fused-ring (bicyclic) bond motifs is 3. The smallest absolute Gasteiger partial charge is 0.0596 e. The fraction of sp³-hybridized carbons (Fsp3) is 0.318. The van der Waals surface area contributed by atoms with E-state index in [1.165, 1.54) is 27.9 Å². The molecule has 4 rings (SSSR count). The molecule has 0 fully saturated rings. The molecule has 0 unspecified atom stereocenters. The molecule has 0 saturated carbocycles. The van der Waals surface area contributed by atoms with Gasteiger partial charge in [0.15, 0.2) is 0 Å². The first-order valence-electron chi connectivity index (χ1n) is 9.06. The molecule has 0 bridgehead atoms. The normalized spacial score (nSPS) is 14.4. The van der Waals surface area contributed by atoms with Gasteiger partial charge in [0.25, 0.3) is 0 Å². The van der Waals surface area contributed by atoms with Gasteiger partial charge in [-0.25, -0.2) is 0 Å². The zero-order valence-corrected chi connectivity index (χ0v) is 15.2. The van der Waals surface area contributed by atoms with Gasteiger partial charge >= 0.3 is 0 Å². The van der Waals surface area contributed by atoms with E-state index in [0.29, 0.717) is 5.92 Å². The van der Waals surface area contributed by atoms with Crippen LogP contribution in [-0.4, -0.2) is 16.3 Å². The van der Waals surface area contributed by atoms with Gasteiger partial charge in [-0.15, -0.1) is 0 Å². The lowest BCUT2D eigenvalue weighted by Gasteiger charge is -2.20. The van der Waals surface area contributed by atoms with Gasteiger partial charge in [0.05, 0.1) is 11.7 Å². The third-order valence-electron chi connectivity index (χ3n) is 5.09. The maximum atomic E-state index is 4.59. The standard InChI is InChI=1S/C22H25N3/c1-15(14-25-17(3)12-16(2)24-25)13-23-22-20-10-6-4-8-18(20)19-9-5-7-11-21(19)22/h4-12,15,22-23H,13-14H2,1-3H3/t15-/m0/s1. The number of hydrogen-bond acceptors (Lipinski definition) is 2. The topological polar surface area (TPSA) is 29.9 Å². The molecule has 1 aliphatic carbocycles. The minimum Gasteiger partial charge on any atom is -0.306 e. The number of benzene rings is 2. The summed E-state index contributed by atoms with van der Waals surface area (Å²) in [5, 5.41) is 8.39. The number of hydrogen-bond donors (Lipinski definition) is 1. The fourth-order valence-electron chi connectivity index (χ4n) is 3.91. The van der Waals surface area contributed by atoms with Gasteiger partial charge in [-0.3, -0.25) is 4.68 Å². The molecule has 0 saturated heterocycles. The van der Waals surface area contributed by atoms with E-state index in [2.05, 4.69) is 90.5 Å². The maximum Gasteiger partial charge on any atom is 0.0596 e. The number of nitrogens with zero attached hydrogens (tertiary/aromatic N) is 2. The van der Waals surface area contributed by atoms with Crippen molar-refractivity contribution in [1.82, 2.24) is 15.1 Å². The summed E-state index contributed by atoms with van der Waals surface area (Å²) in [5.74, 6) is 0.512. The minimum atomic E-state index is 0.287. The van der Waals surface area contributed by atoms with E-state index in [1.807, 2.05) is 0 Å². The average Bonchev–Trinajstić information content (AvgIpc) is 3.10. The lowest BCUT2D eigenvalue weighted by Crippen LogP contribution is -2.28. The SMILES string of the molecule is Cc1cc(C)n(C[C@@H](C)CNC2c3ccccc3-c3ccccc32)n1. The van der Waals surface area contributed by atoms with Crippen LogP contribution in [0.25, 0.3) is 11.1 Å². The van der Waals surface area contributed by atoms with Crippen LogP contribution in [-0.2, 0) is 6.54 Å². The van der Waals surface area contributed by atoms with Crippen molar-refractivity contribution in [3.8, 4) is 11.1 Å². The van der Waals surface area contributed by atoms with Crippen molar-refractivity contribution in [2.75, 3.05) is 6.54 Å². The Morgan fingerprint density at radius 3 is 2.16 bits per heavy atom. The van der Waals surface area contributed by atoms with Gasteiger partial charge in [-0.1, -0.05) is 55.5 Å². The molecule has 0 aliphatic heterocycles. The number of rotatable bonds is 5. The lowest BCUT2D eigenvalue weighted by atomic mass is 10.0. The van der Waals surface area contributed by atoms with Crippen LogP contribution in [0.1, 0.15) is 35.5 Å². The maximum absolute atomic E-state index is 4.59. The van der Waals surface area contributed by atoms with Gasteiger partial charge in [0, 0.05) is 18.8 Å². The van der Waals surface area contributed by atoms with Gasteiger partial charge < -0.3 is 5.32 Å². The number of aryl methyl sites for hydroxylation is 2. The fourth-order valence-corrected chi connectivity index (χ4v) is 3.91. The first-order valence-corrected chi connectivity index (χ1v) is 9.06. The summed E-state index contributed by atoms with van der Waals surface area (Å²) in [7, 11) is 0. The highest BCUT2D eigenvalue weighted by molar-refractivity contribution is 5.78. The lowest BCUT2D eigenvalue weighted by molar-refractivity contribution is 0.405. The van der Waals surface area contributed by atoms with E-state index in [1.54, 1.807) is 0 Å². The number of nitrogens with one attached hydrogen (secondary N) is 1. The van der Waals surface area contributed by atoms with Crippen LogP contribution >= 0.6 is 0 Å². The molecule has 128 valence electrons. The van der Waals surface area contributed by atoms with Crippen LogP contribution in [0.15, 0.2) is 54.6 Å². The molecular formula is C22H25N3. The highest BCUT2D eigenvalue weighted by Gasteiger charge is 2.27. The summed E-state index contributed by atoms with van der Waals surface area (Å²) in [6.45, 7) is 8.38. The first kappa shape index (κ1) is 16.1. The molecular weight excluding hydrogens is 306 g/mol. The second-order valence-corrected chi connectivity index (χ2v) is 7.23. The van der Waals surface area contributed by atoms with E-state index in [9.17, 15) is 0 Å². The van der Waals surface area contributed by atoms with Crippen molar-refractivity contribution in [1.29, 1.82) is 0 Å². The summed E-state index contributed by atoms with van der Waals surface area (Å²) in [6, 6.07) is 19.9. The summed E-state index contributed by atoms with van der Waals surface area (Å²) < 4.78 is 2.12. The van der Waals surface area contributed by atoms with E-state index in [-0.39, 0.29) is 6.04 Å². The molecule has 1 aliphatic rings. The zero-order chi connectivity index (χ0) is 17.4. The van der Waals surface area contributed by atoms with Crippen LogP contribution in [0.3, 0.4) is 0 Å². The molecule has 3 heteroatoms. The van der Waals surface area contributed by atoms with E-state index >= 15 is 0 Å². The van der Waals surface area contributed by atoms with Gasteiger partial charge in [0.1, 0.15) is 0 Å². The summed E-state index contributed by atoms with van der Waals surface area (Å²) in [5.41, 5.74) is 7.84. The molecule has 1 N–H and O–H groups in total. The molecule has 1 heterocycles. The van der Waals surface area contributed by atoms with Crippen molar-refractivity contribution in [2.24, 2.45) is 5.92 Å². The molecule has 0 spiro atoms. The van der Waals surface area contributed by atoms with Crippen LogP contribution in [0, 0.1) is 19.8 Å². The number of aromatic nitrogens is 2. The Morgan fingerprint density at radius 2 is 1.60 bits per heavy atom. The average molecular weight is 331 g/mol. The highest BCUT2D eigenvalue weighted by Crippen LogP contribution is 2.42. The van der Waals surface area contributed by atoms with Crippen LogP contribution in [0.5, 0.6) is 0 Å². The Hall–Kier alpha value is -2.39. The van der Waals surface area contributed by atoms with E-state index in [4.69, 9.17) is 0 Å². The monoisotopic (exact) mass is 331 g/mol. The predicted molar refractivity (Wildman–Crippen MR) is 103 cm³/mol. The second-order valence-electron chi connectivity index (χ2n) is 7.23. The molecule has 3 aromatic rings. The Kier molecular flexibility index (Phi) is 4.18. The van der Waals surface area contributed by atoms with E-state index in [0.717, 1.165) is 18.8 Å². The first-order chi connectivity index (χ1) is 12.1. The Labute approximate surface area is 149 Å². The quantitative estimate of drug-likeness (QED) is 0.746. The molecule has 0 amide bonds. The summed E-state index contributed by atoms with van der Waals surface area (Å²) in [6.07, 6.45) is 0. The molecule has 25 heavy (non-hydrogen) atoms. The molecule has 2 aromatic carbocycles. The Balaban J connectivity index is 1.50. The van der Waals surface area contributed by atoms with Gasteiger partial charge in [-0.05, 0) is 48.1 Å². The van der Waals surface area contributed by atoms with Crippen molar-refractivity contribution >= 4 is 0 Å². The van der Waals surface area contributed by atoms with Crippen molar-refractivity contribution < 1.29 is 0 Å². The van der Waals surface area contributed by atoms with Crippen molar-refractivity contribution in [2.45, 2.75) is 33.4 Å². The second kappa shape index (κ2) is 6.49. The Bertz CT molecular complexity index is 848. The summed E-state index contributed by atoms with van der Waals surface area (Å²) in [4.78, 5) is 0. The minimum absolute atomic E-state index is 0.287. The van der Waals surface area contributed by atoms with Crippen LogP contribution in [0.2, 0.25) is 0 Å². The van der Waals surface area contributed by atoms with Gasteiger partial charge in [0.2, 0.25) is 0 Å². The molecule has 3 nitrogen and oxygen atoms in total. The van der Waals surface area contributed by atoms with Crippen molar-refractivity contribution in [3.63, 3.8) is 0 Å². The molecule has 1 aromatic heterocycles. The predicted octanol–water partition coefficient (Wildman–Crippen LogP) is 4.50. The van der Waals surface area contributed by atoms with Crippen molar-refractivity contribution in [3.05, 3.63) is 77.1 Å². The van der Waals surface area contributed by atoms with E-state index < -0.39 is 0 Å². The largest absolute Gasteiger partial charge is 0.306 e. The molecule has 1 atom stereocenters. The third kappa shape index (κ3) is 3.00. The highest BCUT2D eigenvalue weighted by atomic mass is 15.3. The Morgan fingerprint density at radius 1 is 1.00 bits per heavy atom. The summed E-state index contributed by atoms with van der Waals surface area (Å²) >= 11 is 0. The van der Waals surface area contributed by atoms with Crippen LogP contribution in [0.4, 0.5) is 0 Å². The van der Waals surface area contributed by atoms with Gasteiger partial charge in [-0.2, -0.15) is 5.10 Å².